The summed E-state index contributed by atoms with van der Waals surface area (Å²) in [6.07, 6.45) is 0.0401. The molecule has 0 saturated carbocycles. The van der Waals surface area contributed by atoms with Crippen molar-refractivity contribution in [3.05, 3.63) is 82.9 Å². The molecule has 36 heavy (non-hydrogen) atoms. The number of carbonyl (C=O) groups excluding carboxylic acids is 3. The molecule has 0 aliphatic carbocycles. The molecule has 3 aromatic carbocycles. The van der Waals surface area contributed by atoms with Crippen LogP contribution in [0.3, 0.4) is 0 Å². The molecule has 4 rings (SSSR count). The zero-order valence-electron chi connectivity index (χ0n) is 21.0. The van der Waals surface area contributed by atoms with Crippen molar-refractivity contribution in [2.75, 3.05) is 23.4 Å². The van der Waals surface area contributed by atoms with E-state index in [1.165, 1.54) is 5.56 Å². The molecule has 2 amide bonds. The molecule has 0 spiro atoms. The number of anilines is 2. The Bertz CT molecular complexity index is 1300. The first-order valence-electron chi connectivity index (χ1n) is 11.9. The maximum atomic E-state index is 12.6. The third-order valence-corrected chi connectivity index (χ3v) is 6.32. The second-order valence-corrected chi connectivity index (χ2v) is 9.22. The third kappa shape index (κ3) is 5.92. The quantitative estimate of drug-likeness (QED) is 0.461. The van der Waals surface area contributed by atoms with E-state index in [0.717, 1.165) is 22.4 Å². The zero-order chi connectivity index (χ0) is 25.8. The number of carbonyl (C=O) groups is 3. The van der Waals surface area contributed by atoms with Gasteiger partial charge in [0.1, 0.15) is 11.5 Å². The Kier molecular flexibility index (Phi) is 7.38. The van der Waals surface area contributed by atoms with E-state index in [0.29, 0.717) is 17.1 Å². The summed E-state index contributed by atoms with van der Waals surface area (Å²) >= 11 is 0. The molecule has 3 aromatic rings. The highest BCUT2D eigenvalue weighted by molar-refractivity contribution is 6.00. The molecule has 186 valence electrons. The summed E-state index contributed by atoms with van der Waals surface area (Å²) in [7, 11) is 0. The molecule has 1 heterocycles. The molecule has 7 heteroatoms. The SMILES string of the molecule is Cc1ccc(NC(=O)COC(=O)[C@@H]2CC(=O)N(c3ccc(Oc4ccc(C)c(C)c4)cc3)C2)c(C)c1. The number of aryl methyl sites for hydroxylation is 4. The first kappa shape index (κ1) is 25.0. The van der Waals surface area contributed by atoms with Crippen molar-refractivity contribution in [1.29, 1.82) is 0 Å². The topological polar surface area (TPSA) is 84.9 Å². The number of nitrogens with one attached hydrogen (secondary N) is 1. The van der Waals surface area contributed by atoms with Gasteiger partial charge < -0.3 is 19.7 Å². The van der Waals surface area contributed by atoms with Crippen LogP contribution in [0.15, 0.2) is 60.7 Å². The maximum Gasteiger partial charge on any atom is 0.311 e. The van der Waals surface area contributed by atoms with Gasteiger partial charge in [-0.1, -0.05) is 23.8 Å². The summed E-state index contributed by atoms with van der Waals surface area (Å²) in [5.74, 6) is -0.378. The van der Waals surface area contributed by atoms with E-state index in [-0.39, 0.29) is 18.9 Å². The van der Waals surface area contributed by atoms with Crippen molar-refractivity contribution < 1.29 is 23.9 Å². The zero-order valence-corrected chi connectivity index (χ0v) is 21.0. The lowest BCUT2D eigenvalue weighted by molar-refractivity contribution is -0.151. The van der Waals surface area contributed by atoms with Gasteiger partial charge in [-0.25, -0.2) is 0 Å². The summed E-state index contributed by atoms with van der Waals surface area (Å²) in [5.41, 5.74) is 5.71. The van der Waals surface area contributed by atoms with Crippen molar-refractivity contribution >= 4 is 29.2 Å². The molecule has 1 aliphatic heterocycles. The monoisotopic (exact) mass is 486 g/mol. The van der Waals surface area contributed by atoms with Crippen molar-refractivity contribution in [1.82, 2.24) is 0 Å². The van der Waals surface area contributed by atoms with Gasteiger partial charge in [0.05, 0.1) is 5.92 Å². The predicted octanol–water partition coefficient (Wildman–Crippen LogP) is 5.25. The van der Waals surface area contributed by atoms with E-state index >= 15 is 0 Å². The van der Waals surface area contributed by atoms with Crippen LogP contribution >= 0.6 is 0 Å². The lowest BCUT2D eigenvalue weighted by Gasteiger charge is -2.17. The second-order valence-electron chi connectivity index (χ2n) is 9.22. The lowest BCUT2D eigenvalue weighted by Crippen LogP contribution is -2.28. The number of esters is 1. The number of nitrogens with zero attached hydrogens (tertiary/aromatic N) is 1. The van der Waals surface area contributed by atoms with Crippen molar-refractivity contribution in [3.63, 3.8) is 0 Å². The highest BCUT2D eigenvalue weighted by Crippen LogP contribution is 2.30. The molecule has 0 bridgehead atoms. The smallest absolute Gasteiger partial charge is 0.311 e. The number of amides is 2. The fourth-order valence-electron chi connectivity index (χ4n) is 4.12. The van der Waals surface area contributed by atoms with E-state index in [4.69, 9.17) is 9.47 Å². The lowest BCUT2D eigenvalue weighted by atomic mass is 10.1. The van der Waals surface area contributed by atoms with Crippen LogP contribution in [-0.4, -0.2) is 30.9 Å². The van der Waals surface area contributed by atoms with E-state index < -0.39 is 24.4 Å². The number of hydrogen-bond acceptors (Lipinski definition) is 5. The van der Waals surface area contributed by atoms with E-state index in [1.54, 1.807) is 29.2 Å². The van der Waals surface area contributed by atoms with Gasteiger partial charge in [0.25, 0.3) is 5.91 Å². The van der Waals surface area contributed by atoms with Crippen LogP contribution in [0.5, 0.6) is 11.5 Å². The van der Waals surface area contributed by atoms with Gasteiger partial charge in [0, 0.05) is 24.3 Å². The Balaban J connectivity index is 1.30. The molecule has 1 atom stereocenters. The summed E-state index contributed by atoms with van der Waals surface area (Å²) in [4.78, 5) is 38.9. The van der Waals surface area contributed by atoms with Gasteiger partial charge in [-0.3, -0.25) is 14.4 Å². The molecule has 0 radical (unpaired) electrons. The number of hydrogen-bond donors (Lipinski definition) is 1. The van der Waals surface area contributed by atoms with E-state index in [1.807, 2.05) is 64.1 Å². The Morgan fingerprint density at radius 3 is 2.31 bits per heavy atom. The van der Waals surface area contributed by atoms with Crippen LogP contribution in [0, 0.1) is 33.6 Å². The highest BCUT2D eigenvalue weighted by atomic mass is 16.5. The molecule has 1 saturated heterocycles. The summed E-state index contributed by atoms with van der Waals surface area (Å²) in [6.45, 7) is 7.75. The van der Waals surface area contributed by atoms with Crippen molar-refractivity contribution in [2.45, 2.75) is 34.1 Å². The van der Waals surface area contributed by atoms with Gasteiger partial charge in [-0.15, -0.1) is 0 Å². The highest BCUT2D eigenvalue weighted by Gasteiger charge is 2.36. The summed E-state index contributed by atoms with van der Waals surface area (Å²) in [6, 6.07) is 18.7. The fraction of sp³-hybridized carbons (Fsp3) is 0.276. The molecule has 7 nitrogen and oxygen atoms in total. The molecular weight excluding hydrogens is 456 g/mol. The van der Waals surface area contributed by atoms with Crippen LogP contribution in [0.25, 0.3) is 0 Å². The first-order chi connectivity index (χ1) is 17.2. The van der Waals surface area contributed by atoms with Crippen molar-refractivity contribution in [2.24, 2.45) is 5.92 Å². The van der Waals surface area contributed by atoms with E-state index in [2.05, 4.69) is 5.32 Å². The number of benzene rings is 3. The average Bonchev–Trinajstić information content (AvgIpc) is 3.24. The molecule has 0 aromatic heterocycles. The average molecular weight is 487 g/mol. The maximum absolute atomic E-state index is 12.6. The standard InChI is InChI=1S/C29H30N2O5/c1-18-5-12-26(21(4)13-18)30-27(32)17-35-29(34)22-15-28(33)31(16-22)23-7-10-24(11-8-23)36-25-9-6-19(2)20(3)14-25/h5-14,22H,15-17H2,1-4H3,(H,30,32)/t22-/m1/s1. The minimum absolute atomic E-state index is 0.0401. The number of rotatable bonds is 7. The van der Waals surface area contributed by atoms with E-state index in [9.17, 15) is 14.4 Å². The van der Waals surface area contributed by atoms with Crippen LogP contribution in [0.1, 0.15) is 28.7 Å². The van der Waals surface area contributed by atoms with Crippen LogP contribution in [0.2, 0.25) is 0 Å². The second kappa shape index (κ2) is 10.6. The van der Waals surface area contributed by atoms with Gasteiger partial charge in [0.15, 0.2) is 6.61 Å². The minimum atomic E-state index is -0.627. The Hall–Kier alpha value is -4.13. The van der Waals surface area contributed by atoms with Gasteiger partial charge in [-0.05, 0) is 86.8 Å². The molecule has 1 N–H and O–H groups in total. The van der Waals surface area contributed by atoms with Gasteiger partial charge >= 0.3 is 5.97 Å². The Morgan fingerprint density at radius 1 is 0.889 bits per heavy atom. The molecule has 1 fully saturated rings. The number of ether oxygens (including phenoxy) is 2. The third-order valence-electron chi connectivity index (χ3n) is 6.32. The largest absolute Gasteiger partial charge is 0.457 e. The summed E-state index contributed by atoms with van der Waals surface area (Å²) < 4.78 is 11.1. The van der Waals surface area contributed by atoms with Gasteiger partial charge in [0.2, 0.25) is 5.91 Å². The van der Waals surface area contributed by atoms with Crippen LogP contribution in [-0.2, 0) is 19.1 Å². The van der Waals surface area contributed by atoms with Crippen molar-refractivity contribution in [3.8, 4) is 11.5 Å². The first-order valence-corrected chi connectivity index (χ1v) is 11.9. The Morgan fingerprint density at radius 2 is 1.61 bits per heavy atom. The van der Waals surface area contributed by atoms with Crippen LogP contribution < -0.4 is 15.0 Å². The molecule has 1 aliphatic rings. The minimum Gasteiger partial charge on any atom is -0.457 e. The predicted molar refractivity (Wildman–Crippen MR) is 138 cm³/mol. The fourth-order valence-corrected chi connectivity index (χ4v) is 4.12. The summed E-state index contributed by atoms with van der Waals surface area (Å²) in [5, 5.41) is 2.75. The molecular formula is C29H30N2O5. The van der Waals surface area contributed by atoms with Crippen LogP contribution in [0.4, 0.5) is 11.4 Å². The molecule has 0 unspecified atom stereocenters. The normalized spacial score (nSPS) is 15.1. The van der Waals surface area contributed by atoms with Gasteiger partial charge in [-0.2, -0.15) is 0 Å². The Labute approximate surface area is 211 Å².